The molecular formula is C30H42N2O9. The van der Waals surface area contributed by atoms with Crippen LogP contribution in [0.2, 0.25) is 0 Å². The van der Waals surface area contributed by atoms with Crippen LogP contribution < -0.4 is 0 Å². The number of carbonyl (C=O) groups is 4. The van der Waals surface area contributed by atoms with Gasteiger partial charge in [-0.15, -0.1) is 0 Å². The quantitative estimate of drug-likeness (QED) is 0.411. The molecule has 0 aromatic heterocycles. The Morgan fingerprint density at radius 3 is 2.05 bits per heavy atom. The summed E-state index contributed by atoms with van der Waals surface area (Å²) in [7, 11) is 0. The number of ether oxygens (including phenoxy) is 2. The molecule has 3 rings (SSSR count). The second-order valence-electron chi connectivity index (χ2n) is 12.8. The molecule has 1 saturated heterocycles. The standard InChI is InChI=1S/C30H42N2O9/c1-28(2,3)39-26(37)17-30(18-27(38)40-29(4,5)6)16-23(31-41-30)22-15-20(33)7-8-21(22)19-11-13-32(14-12-19)24(34)9-10-25(35)36/h7-8,15,19,33H,9-14,16-18H2,1-6H3,(H,35,36). The lowest BCUT2D eigenvalue weighted by atomic mass is 9.82. The minimum absolute atomic E-state index is 0.0318. The van der Waals surface area contributed by atoms with Gasteiger partial charge in [-0.3, -0.25) is 19.2 Å². The Morgan fingerprint density at radius 2 is 1.54 bits per heavy atom. The second-order valence-corrected chi connectivity index (χ2v) is 12.8. The summed E-state index contributed by atoms with van der Waals surface area (Å²) in [5.41, 5.74) is -0.724. The van der Waals surface area contributed by atoms with Crippen LogP contribution in [0.15, 0.2) is 23.4 Å². The number of oxime groups is 1. The molecule has 2 N–H and O–H groups in total. The molecule has 2 heterocycles. The number of piperidine rings is 1. The van der Waals surface area contributed by atoms with Crippen LogP contribution in [0.1, 0.15) is 104 Å². The Bertz CT molecular complexity index is 1160. The Labute approximate surface area is 240 Å². The fraction of sp³-hybridized carbons (Fsp3) is 0.633. The van der Waals surface area contributed by atoms with Crippen LogP contribution in [0.25, 0.3) is 0 Å². The molecule has 1 fully saturated rings. The van der Waals surface area contributed by atoms with Crippen LogP contribution >= 0.6 is 0 Å². The highest BCUT2D eigenvalue weighted by Crippen LogP contribution is 2.39. The van der Waals surface area contributed by atoms with Gasteiger partial charge in [0, 0.05) is 31.5 Å². The van der Waals surface area contributed by atoms with Crippen LogP contribution in [0, 0.1) is 0 Å². The molecule has 0 saturated carbocycles. The smallest absolute Gasteiger partial charge is 0.310 e. The number of phenolic OH excluding ortho intramolecular Hbond substituents is 1. The number of phenols is 1. The van der Waals surface area contributed by atoms with Crippen LogP contribution in [-0.4, -0.2) is 74.5 Å². The summed E-state index contributed by atoms with van der Waals surface area (Å²) in [6.07, 6.45) is 0.736. The van der Waals surface area contributed by atoms with Gasteiger partial charge in [0.1, 0.15) is 17.0 Å². The van der Waals surface area contributed by atoms with E-state index in [2.05, 4.69) is 5.16 Å². The molecule has 11 nitrogen and oxygen atoms in total. The molecule has 226 valence electrons. The zero-order chi connectivity index (χ0) is 30.6. The first kappa shape index (κ1) is 31.9. The van der Waals surface area contributed by atoms with Gasteiger partial charge in [-0.1, -0.05) is 11.2 Å². The maximum absolute atomic E-state index is 12.9. The number of likely N-dealkylation sites (tertiary alicyclic amines) is 1. The van der Waals surface area contributed by atoms with Gasteiger partial charge in [0.2, 0.25) is 5.91 Å². The fourth-order valence-corrected chi connectivity index (χ4v) is 5.16. The number of carboxylic acids is 1. The van der Waals surface area contributed by atoms with E-state index in [0.717, 1.165) is 5.56 Å². The monoisotopic (exact) mass is 574 g/mol. The topological polar surface area (TPSA) is 152 Å². The zero-order valence-electron chi connectivity index (χ0n) is 24.8. The number of carboxylic acid groups (broad SMARTS) is 1. The zero-order valence-corrected chi connectivity index (χ0v) is 24.8. The Hall–Kier alpha value is -3.63. The number of aliphatic carboxylic acids is 1. The molecule has 1 aromatic rings. The van der Waals surface area contributed by atoms with Gasteiger partial charge >= 0.3 is 17.9 Å². The van der Waals surface area contributed by atoms with Gasteiger partial charge in [-0.2, -0.15) is 0 Å². The Morgan fingerprint density at radius 1 is 0.976 bits per heavy atom. The van der Waals surface area contributed by atoms with Crippen molar-refractivity contribution in [3.63, 3.8) is 0 Å². The van der Waals surface area contributed by atoms with Gasteiger partial charge in [0.05, 0.1) is 25.0 Å². The van der Waals surface area contributed by atoms with Crippen LogP contribution in [0.4, 0.5) is 0 Å². The summed E-state index contributed by atoms with van der Waals surface area (Å²) >= 11 is 0. The first-order chi connectivity index (χ1) is 19.0. The number of amides is 1. The fourth-order valence-electron chi connectivity index (χ4n) is 5.16. The number of carbonyl (C=O) groups excluding carboxylic acids is 3. The maximum Gasteiger partial charge on any atom is 0.310 e. The Balaban J connectivity index is 1.81. The van der Waals surface area contributed by atoms with Gasteiger partial charge in [0.15, 0.2) is 5.60 Å². The van der Waals surface area contributed by atoms with Gasteiger partial charge < -0.3 is 29.4 Å². The molecule has 0 atom stereocenters. The molecule has 1 aromatic carbocycles. The predicted octanol–water partition coefficient (Wildman–Crippen LogP) is 4.29. The third kappa shape index (κ3) is 9.47. The lowest BCUT2D eigenvalue weighted by Gasteiger charge is -2.33. The number of hydrogen-bond donors (Lipinski definition) is 2. The maximum atomic E-state index is 12.9. The van der Waals surface area contributed by atoms with Crippen molar-refractivity contribution in [3.8, 4) is 5.75 Å². The summed E-state index contributed by atoms with van der Waals surface area (Å²) in [5.74, 6) is -2.18. The summed E-state index contributed by atoms with van der Waals surface area (Å²) < 4.78 is 11.0. The number of benzene rings is 1. The van der Waals surface area contributed by atoms with E-state index >= 15 is 0 Å². The van der Waals surface area contributed by atoms with Crippen molar-refractivity contribution in [2.75, 3.05) is 13.1 Å². The van der Waals surface area contributed by atoms with E-state index in [4.69, 9.17) is 19.4 Å². The van der Waals surface area contributed by atoms with Crippen molar-refractivity contribution < 1.29 is 43.7 Å². The van der Waals surface area contributed by atoms with Crippen molar-refractivity contribution in [1.82, 2.24) is 4.90 Å². The number of nitrogens with zero attached hydrogens (tertiary/aromatic N) is 2. The van der Waals surface area contributed by atoms with Crippen molar-refractivity contribution >= 4 is 29.5 Å². The molecule has 0 unspecified atom stereocenters. The SMILES string of the molecule is CC(C)(C)OC(=O)CC1(CC(=O)OC(C)(C)C)CC(c2cc(O)ccc2C2CCN(C(=O)CCC(=O)O)CC2)=NO1. The van der Waals surface area contributed by atoms with Crippen LogP contribution in [0.3, 0.4) is 0 Å². The van der Waals surface area contributed by atoms with Crippen molar-refractivity contribution in [1.29, 1.82) is 0 Å². The summed E-state index contributed by atoms with van der Waals surface area (Å²) in [5, 5.41) is 23.5. The number of hydrogen-bond acceptors (Lipinski definition) is 9. The van der Waals surface area contributed by atoms with E-state index in [0.29, 0.717) is 37.2 Å². The van der Waals surface area contributed by atoms with Crippen molar-refractivity contribution in [3.05, 3.63) is 29.3 Å². The second kappa shape index (κ2) is 12.5. The van der Waals surface area contributed by atoms with E-state index in [1.54, 1.807) is 58.6 Å². The Kier molecular flexibility index (Phi) is 9.71. The lowest BCUT2D eigenvalue weighted by Crippen LogP contribution is -2.39. The normalized spacial score (nSPS) is 17.4. The van der Waals surface area contributed by atoms with Crippen molar-refractivity contribution in [2.45, 2.75) is 109 Å². The number of esters is 2. The third-order valence-corrected chi connectivity index (χ3v) is 6.80. The number of rotatable bonds is 9. The lowest BCUT2D eigenvalue weighted by molar-refractivity contribution is -0.169. The highest BCUT2D eigenvalue weighted by atomic mass is 16.7. The molecule has 0 aliphatic carbocycles. The largest absolute Gasteiger partial charge is 0.508 e. The van der Waals surface area contributed by atoms with Gasteiger partial charge in [-0.25, -0.2) is 0 Å². The van der Waals surface area contributed by atoms with Gasteiger partial charge in [0.25, 0.3) is 0 Å². The molecule has 11 heteroatoms. The molecule has 1 amide bonds. The average Bonchev–Trinajstić information content (AvgIpc) is 3.22. The molecule has 2 aliphatic rings. The molecule has 0 spiro atoms. The summed E-state index contributed by atoms with van der Waals surface area (Å²) in [4.78, 5) is 56.5. The summed E-state index contributed by atoms with van der Waals surface area (Å²) in [6, 6.07) is 5.01. The molecule has 2 aliphatic heterocycles. The minimum Gasteiger partial charge on any atom is -0.508 e. The first-order valence-electron chi connectivity index (χ1n) is 14.0. The van der Waals surface area contributed by atoms with Crippen molar-refractivity contribution in [2.24, 2.45) is 5.16 Å². The minimum atomic E-state index is -1.32. The van der Waals surface area contributed by atoms with E-state index in [1.165, 1.54) is 0 Å². The van der Waals surface area contributed by atoms with Gasteiger partial charge in [-0.05, 0) is 78.0 Å². The van der Waals surface area contributed by atoms with E-state index in [1.807, 2.05) is 6.07 Å². The highest BCUT2D eigenvalue weighted by molar-refractivity contribution is 6.04. The highest BCUT2D eigenvalue weighted by Gasteiger charge is 2.46. The predicted molar refractivity (Wildman–Crippen MR) is 149 cm³/mol. The molecule has 41 heavy (non-hydrogen) atoms. The van der Waals surface area contributed by atoms with Crippen LogP contribution in [0.5, 0.6) is 5.75 Å². The van der Waals surface area contributed by atoms with E-state index < -0.39 is 34.7 Å². The van der Waals surface area contributed by atoms with E-state index in [9.17, 15) is 24.3 Å². The molecule has 0 radical (unpaired) electrons. The molecular weight excluding hydrogens is 532 g/mol. The number of aromatic hydroxyl groups is 1. The average molecular weight is 575 g/mol. The van der Waals surface area contributed by atoms with E-state index in [-0.39, 0.29) is 49.7 Å². The molecule has 0 bridgehead atoms. The third-order valence-electron chi connectivity index (χ3n) is 6.80. The summed E-state index contributed by atoms with van der Waals surface area (Å²) in [6.45, 7) is 11.5. The van der Waals surface area contributed by atoms with Crippen LogP contribution in [-0.2, 0) is 33.5 Å². The first-order valence-corrected chi connectivity index (χ1v) is 14.0.